The SMILES string of the molecule is COc1ccc(/C=C/C(=O)OCC(=O)N2CCC[C@@H](C(N)=O)C2)cc1F. The largest absolute Gasteiger partial charge is 0.494 e. The van der Waals surface area contributed by atoms with Crippen LogP contribution < -0.4 is 10.5 Å². The molecule has 140 valence electrons. The van der Waals surface area contributed by atoms with E-state index in [0.717, 1.165) is 6.08 Å². The Kier molecular flexibility index (Phi) is 6.71. The smallest absolute Gasteiger partial charge is 0.331 e. The predicted octanol–water partition coefficient (Wildman–Crippen LogP) is 1.11. The molecule has 0 aromatic heterocycles. The minimum atomic E-state index is -0.724. The highest BCUT2D eigenvalue weighted by atomic mass is 19.1. The van der Waals surface area contributed by atoms with Crippen LogP contribution in [0.25, 0.3) is 6.08 Å². The average Bonchev–Trinajstić information content (AvgIpc) is 2.64. The third kappa shape index (κ3) is 5.30. The summed E-state index contributed by atoms with van der Waals surface area (Å²) < 4.78 is 23.3. The standard InChI is InChI=1S/C18H21FN2O5/c1-25-15-6-4-12(9-14(15)19)5-7-17(23)26-11-16(22)21-8-2-3-13(10-21)18(20)24/h4-7,9,13H,2-3,8,10-11H2,1H3,(H2,20,24)/b7-5+/t13-/m1/s1. The van der Waals surface area contributed by atoms with Crippen LogP contribution in [0.15, 0.2) is 24.3 Å². The number of methoxy groups -OCH3 is 1. The van der Waals surface area contributed by atoms with Gasteiger partial charge in [-0.3, -0.25) is 9.59 Å². The van der Waals surface area contributed by atoms with E-state index in [1.54, 1.807) is 6.07 Å². The fourth-order valence-electron chi connectivity index (χ4n) is 2.66. The molecule has 2 N–H and O–H groups in total. The first-order valence-electron chi connectivity index (χ1n) is 8.16. The maximum absolute atomic E-state index is 13.6. The van der Waals surface area contributed by atoms with Crippen molar-refractivity contribution in [2.45, 2.75) is 12.8 Å². The highest BCUT2D eigenvalue weighted by Crippen LogP contribution is 2.18. The molecule has 8 heteroatoms. The summed E-state index contributed by atoms with van der Waals surface area (Å²) in [5.41, 5.74) is 5.72. The molecule has 0 bridgehead atoms. The van der Waals surface area contributed by atoms with Crippen LogP contribution in [-0.4, -0.2) is 49.5 Å². The molecular formula is C18H21FN2O5. The highest BCUT2D eigenvalue weighted by molar-refractivity contribution is 5.89. The summed E-state index contributed by atoms with van der Waals surface area (Å²) in [6.07, 6.45) is 3.81. The number of hydrogen-bond donors (Lipinski definition) is 1. The fourth-order valence-corrected chi connectivity index (χ4v) is 2.66. The minimum Gasteiger partial charge on any atom is -0.494 e. The molecule has 2 amide bonds. The van der Waals surface area contributed by atoms with Crippen molar-refractivity contribution >= 4 is 23.9 Å². The maximum atomic E-state index is 13.6. The molecule has 7 nitrogen and oxygen atoms in total. The van der Waals surface area contributed by atoms with Gasteiger partial charge in [0.15, 0.2) is 18.2 Å². The van der Waals surface area contributed by atoms with Crippen LogP contribution in [0.3, 0.4) is 0 Å². The van der Waals surface area contributed by atoms with Gasteiger partial charge in [0, 0.05) is 19.2 Å². The van der Waals surface area contributed by atoms with Crippen molar-refractivity contribution < 1.29 is 28.2 Å². The van der Waals surface area contributed by atoms with Crippen molar-refractivity contribution in [3.63, 3.8) is 0 Å². The first kappa shape index (κ1) is 19.4. The van der Waals surface area contributed by atoms with Crippen molar-refractivity contribution in [2.24, 2.45) is 11.7 Å². The number of ether oxygens (including phenoxy) is 2. The number of amides is 2. The molecule has 0 spiro atoms. The molecule has 1 atom stereocenters. The highest BCUT2D eigenvalue weighted by Gasteiger charge is 2.27. The van der Waals surface area contributed by atoms with Gasteiger partial charge >= 0.3 is 5.97 Å². The second-order valence-corrected chi connectivity index (χ2v) is 5.92. The lowest BCUT2D eigenvalue weighted by Crippen LogP contribution is -2.45. The average molecular weight is 364 g/mol. The maximum Gasteiger partial charge on any atom is 0.331 e. The molecule has 0 saturated carbocycles. The molecule has 1 aromatic rings. The number of esters is 1. The van der Waals surface area contributed by atoms with E-state index in [9.17, 15) is 18.8 Å². The molecular weight excluding hydrogens is 343 g/mol. The van der Waals surface area contributed by atoms with E-state index in [-0.39, 0.29) is 24.1 Å². The van der Waals surface area contributed by atoms with E-state index in [0.29, 0.717) is 24.9 Å². The van der Waals surface area contributed by atoms with Crippen molar-refractivity contribution in [3.8, 4) is 5.75 Å². The van der Waals surface area contributed by atoms with Crippen molar-refractivity contribution in [3.05, 3.63) is 35.7 Å². The lowest BCUT2D eigenvalue weighted by Gasteiger charge is -2.30. The molecule has 26 heavy (non-hydrogen) atoms. The van der Waals surface area contributed by atoms with Gasteiger partial charge in [0.25, 0.3) is 5.91 Å². The fraction of sp³-hybridized carbons (Fsp3) is 0.389. The van der Waals surface area contributed by atoms with Crippen LogP contribution in [0.1, 0.15) is 18.4 Å². The molecule has 0 radical (unpaired) electrons. The van der Waals surface area contributed by atoms with Crippen LogP contribution in [-0.2, 0) is 19.1 Å². The molecule has 1 aliphatic rings. The Morgan fingerprint density at radius 1 is 1.38 bits per heavy atom. The summed E-state index contributed by atoms with van der Waals surface area (Å²) >= 11 is 0. The summed E-state index contributed by atoms with van der Waals surface area (Å²) in [4.78, 5) is 36.5. The second kappa shape index (κ2) is 8.98. The second-order valence-electron chi connectivity index (χ2n) is 5.92. The molecule has 2 rings (SSSR count). The molecule has 1 heterocycles. The zero-order chi connectivity index (χ0) is 19.1. The van der Waals surface area contributed by atoms with Crippen LogP contribution >= 0.6 is 0 Å². The molecule has 1 fully saturated rings. The van der Waals surface area contributed by atoms with Gasteiger partial charge in [-0.25, -0.2) is 9.18 Å². The Bertz CT molecular complexity index is 720. The molecule has 0 aliphatic carbocycles. The van der Waals surface area contributed by atoms with Crippen LogP contribution in [0, 0.1) is 11.7 Å². The quantitative estimate of drug-likeness (QED) is 0.602. The van der Waals surface area contributed by atoms with E-state index < -0.39 is 24.3 Å². The summed E-state index contributed by atoms with van der Waals surface area (Å²) in [5, 5.41) is 0. The van der Waals surface area contributed by atoms with E-state index in [2.05, 4.69) is 0 Å². The Hall–Kier alpha value is -2.90. The first-order valence-corrected chi connectivity index (χ1v) is 8.16. The van der Waals surface area contributed by atoms with Gasteiger partial charge in [0.2, 0.25) is 5.91 Å². The van der Waals surface area contributed by atoms with Crippen LogP contribution in [0.5, 0.6) is 5.75 Å². The van der Waals surface area contributed by atoms with Gasteiger partial charge in [0.1, 0.15) is 0 Å². The number of piperidine rings is 1. The van der Waals surface area contributed by atoms with Gasteiger partial charge in [-0.15, -0.1) is 0 Å². The van der Waals surface area contributed by atoms with Gasteiger partial charge in [-0.1, -0.05) is 6.07 Å². The van der Waals surface area contributed by atoms with Gasteiger partial charge < -0.3 is 20.1 Å². The van der Waals surface area contributed by atoms with Crippen molar-refractivity contribution in [1.29, 1.82) is 0 Å². The predicted molar refractivity (Wildman–Crippen MR) is 91.4 cm³/mol. The number of rotatable bonds is 6. The third-order valence-electron chi connectivity index (χ3n) is 4.10. The zero-order valence-corrected chi connectivity index (χ0v) is 14.4. The van der Waals surface area contributed by atoms with Crippen molar-refractivity contribution in [1.82, 2.24) is 4.90 Å². The Labute approximate surface area is 150 Å². The topological polar surface area (TPSA) is 98.9 Å². The number of likely N-dealkylation sites (tertiary alicyclic amines) is 1. The molecule has 1 aromatic carbocycles. The number of nitrogens with two attached hydrogens (primary N) is 1. The minimum absolute atomic E-state index is 0.103. The van der Waals surface area contributed by atoms with Gasteiger partial charge in [-0.2, -0.15) is 0 Å². The number of halogens is 1. The Morgan fingerprint density at radius 2 is 2.15 bits per heavy atom. The monoisotopic (exact) mass is 364 g/mol. The number of primary amides is 1. The lowest BCUT2D eigenvalue weighted by atomic mass is 9.97. The third-order valence-corrected chi connectivity index (χ3v) is 4.10. The van der Waals surface area contributed by atoms with E-state index in [1.165, 1.54) is 30.2 Å². The molecule has 0 unspecified atom stereocenters. The van der Waals surface area contributed by atoms with Gasteiger partial charge in [0.05, 0.1) is 13.0 Å². The van der Waals surface area contributed by atoms with Crippen LogP contribution in [0.4, 0.5) is 4.39 Å². The zero-order valence-electron chi connectivity index (χ0n) is 14.4. The Balaban J connectivity index is 1.83. The summed E-state index contributed by atoms with van der Waals surface area (Å²) in [6.45, 7) is 0.319. The molecule has 1 saturated heterocycles. The number of benzene rings is 1. The van der Waals surface area contributed by atoms with E-state index in [1.807, 2.05) is 0 Å². The number of hydrogen-bond acceptors (Lipinski definition) is 5. The normalized spacial score (nSPS) is 17.2. The molecule has 1 aliphatic heterocycles. The summed E-state index contributed by atoms with van der Waals surface area (Å²) in [5.74, 6) is -2.35. The van der Waals surface area contributed by atoms with Gasteiger partial charge in [-0.05, 0) is 36.6 Å². The van der Waals surface area contributed by atoms with Crippen LogP contribution in [0.2, 0.25) is 0 Å². The number of nitrogens with zero attached hydrogens (tertiary/aromatic N) is 1. The number of carbonyl (C=O) groups is 3. The number of carbonyl (C=O) groups excluding carboxylic acids is 3. The van der Waals surface area contributed by atoms with Crippen molar-refractivity contribution in [2.75, 3.05) is 26.8 Å². The summed E-state index contributed by atoms with van der Waals surface area (Å²) in [6, 6.07) is 4.23. The van der Waals surface area contributed by atoms with E-state index in [4.69, 9.17) is 15.2 Å². The summed E-state index contributed by atoms with van der Waals surface area (Å²) in [7, 11) is 1.36. The first-order chi connectivity index (χ1) is 12.4. The van der Waals surface area contributed by atoms with E-state index >= 15 is 0 Å². The Morgan fingerprint density at radius 3 is 2.81 bits per heavy atom. The lowest BCUT2D eigenvalue weighted by molar-refractivity contribution is -0.149.